The summed E-state index contributed by atoms with van der Waals surface area (Å²) in [7, 11) is 1.57. The van der Waals surface area contributed by atoms with E-state index < -0.39 is 11.6 Å². The Morgan fingerprint density at radius 3 is 2.62 bits per heavy atom. The molecule has 3 N–H and O–H groups in total. The third-order valence-electron chi connectivity index (χ3n) is 3.33. The quantitative estimate of drug-likeness (QED) is 0.249. The number of guanidine groups is 1. The molecular weight excluding hydrogens is 475 g/mol. The van der Waals surface area contributed by atoms with Gasteiger partial charge in [-0.15, -0.1) is 35.3 Å². The molecule has 2 rings (SSSR count). The summed E-state index contributed by atoms with van der Waals surface area (Å²) in [5, 5.41) is 8.65. The SMILES string of the molecule is CN=C(NCCNC(=O)c1scnc1C)NCc1cc(F)ccc1F.I. The molecule has 0 aliphatic carbocycles. The zero-order chi connectivity index (χ0) is 18.2. The highest BCUT2D eigenvalue weighted by Gasteiger charge is 2.10. The second-order valence-electron chi connectivity index (χ2n) is 5.11. The van der Waals surface area contributed by atoms with Gasteiger partial charge in [0, 0.05) is 32.2 Å². The van der Waals surface area contributed by atoms with Crippen LogP contribution in [0.2, 0.25) is 0 Å². The van der Waals surface area contributed by atoms with Gasteiger partial charge in [0.25, 0.3) is 5.91 Å². The minimum Gasteiger partial charge on any atom is -0.355 e. The fourth-order valence-electron chi connectivity index (χ4n) is 2.04. The molecule has 2 aromatic rings. The number of aromatic nitrogens is 1. The number of aliphatic imine (C=N–C) groups is 1. The van der Waals surface area contributed by atoms with E-state index in [4.69, 9.17) is 0 Å². The summed E-state index contributed by atoms with van der Waals surface area (Å²) < 4.78 is 26.7. The minimum absolute atomic E-state index is 0. The third-order valence-corrected chi connectivity index (χ3v) is 4.26. The maximum Gasteiger partial charge on any atom is 0.263 e. The summed E-state index contributed by atoms with van der Waals surface area (Å²) in [5.74, 6) is -0.739. The minimum atomic E-state index is -0.498. The molecular formula is C16H20F2IN5OS. The van der Waals surface area contributed by atoms with E-state index in [1.807, 2.05) is 0 Å². The number of halogens is 3. The van der Waals surface area contributed by atoms with Gasteiger partial charge in [0.1, 0.15) is 16.5 Å². The first kappa shape index (κ1) is 22.2. The normalized spacial score (nSPS) is 10.8. The van der Waals surface area contributed by atoms with Crippen molar-refractivity contribution in [1.82, 2.24) is 20.9 Å². The molecule has 0 unspecified atom stereocenters. The van der Waals surface area contributed by atoms with E-state index in [2.05, 4.69) is 25.9 Å². The molecule has 0 bridgehead atoms. The number of aryl methyl sites for hydroxylation is 1. The lowest BCUT2D eigenvalue weighted by Crippen LogP contribution is -2.41. The fraction of sp³-hybridized carbons (Fsp3) is 0.312. The predicted molar refractivity (Wildman–Crippen MR) is 109 cm³/mol. The Kier molecular flexibility index (Phi) is 9.41. The molecule has 0 radical (unpaired) electrons. The van der Waals surface area contributed by atoms with Crippen LogP contribution in [0.4, 0.5) is 8.78 Å². The molecule has 0 saturated heterocycles. The number of thiazole rings is 1. The highest BCUT2D eigenvalue weighted by Crippen LogP contribution is 2.11. The Labute approximate surface area is 171 Å². The number of carbonyl (C=O) groups excluding carboxylic acids is 1. The average Bonchev–Trinajstić information content (AvgIpc) is 3.03. The predicted octanol–water partition coefficient (Wildman–Crippen LogP) is 2.44. The average molecular weight is 495 g/mol. The summed E-state index contributed by atoms with van der Waals surface area (Å²) in [6, 6.07) is 3.28. The molecule has 0 saturated carbocycles. The molecule has 10 heteroatoms. The largest absolute Gasteiger partial charge is 0.355 e. The van der Waals surface area contributed by atoms with Crippen molar-refractivity contribution < 1.29 is 13.6 Å². The summed E-state index contributed by atoms with van der Waals surface area (Å²) >= 11 is 1.29. The highest BCUT2D eigenvalue weighted by atomic mass is 127. The second-order valence-corrected chi connectivity index (χ2v) is 5.97. The fourth-order valence-corrected chi connectivity index (χ4v) is 2.75. The molecule has 0 aliphatic heterocycles. The van der Waals surface area contributed by atoms with Gasteiger partial charge in [-0.25, -0.2) is 13.8 Å². The smallest absolute Gasteiger partial charge is 0.263 e. The Balaban J connectivity index is 0.00000338. The van der Waals surface area contributed by atoms with Crippen LogP contribution in [0.1, 0.15) is 20.9 Å². The Hall–Kier alpha value is -1.82. The molecule has 0 spiro atoms. The van der Waals surface area contributed by atoms with Gasteiger partial charge in [-0.05, 0) is 25.1 Å². The monoisotopic (exact) mass is 495 g/mol. The number of carbonyl (C=O) groups is 1. The van der Waals surface area contributed by atoms with Crippen molar-refractivity contribution in [2.24, 2.45) is 4.99 Å². The number of amides is 1. The molecule has 6 nitrogen and oxygen atoms in total. The van der Waals surface area contributed by atoms with E-state index in [1.54, 1.807) is 19.5 Å². The highest BCUT2D eigenvalue weighted by molar-refractivity contribution is 14.0. The number of rotatable bonds is 6. The number of hydrogen-bond acceptors (Lipinski definition) is 4. The first-order valence-corrected chi connectivity index (χ1v) is 8.46. The Morgan fingerprint density at radius 2 is 1.96 bits per heavy atom. The van der Waals surface area contributed by atoms with Gasteiger partial charge in [-0.1, -0.05) is 0 Å². The van der Waals surface area contributed by atoms with Crippen LogP contribution >= 0.6 is 35.3 Å². The van der Waals surface area contributed by atoms with E-state index in [0.717, 1.165) is 18.2 Å². The molecule has 26 heavy (non-hydrogen) atoms. The van der Waals surface area contributed by atoms with Gasteiger partial charge < -0.3 is 16.0 Å². The van der Waals surface area contributed by atoms with Crippen LogP contribution in [0.5, 0.6) is 0 Å². The van der Waals surface area contributed by atoms with Crippen LogP contribution < -0.4 is 16.0 Å². The van der Waals surface area contributed by atoms with Crippen molar-refractivity contribution in [1.29, 1.82) is 0 Å². The lowest BCUT2D eigenvalue weighted by Gasteiger charge is -2.12. The number of nitrogens with zero attached hydrogens (tertiary/aromatic N) is 2. The van der Waals surface area contributed by atoms with Crippen molar-refractivity contribution in [2.75, 3.05) is 20.1 Å². The van der Waals surface area contributed by atoms with Gasteiger partial charge in [-0.2, -0.15) is 0 Å². The second kappa shape index (κ2) is 11.0. The van der Waals surface area contributed by atoms with Gasteiger partial charge in [0.2, 0.25) is 0 Å². The maximum atomic E-state index is 13.6. The van der Waals surface area contributed by atoms with Crippen molar-refractivity contribution in [3.63, 3.8) is 0 Å². The molecule has 1 aromatic carbocycles. The standard InChI is InChI=1S/C16H19F2N5OS.HI/c1-10-14(25-9-23-10)15(24)20-5-6-21-16(19-2)22-8-11-7-12(17)3-4-13(11)18;/h3-4,7,9H,5-6,8H2,1-2H3,(H,20,24)(H2,19,21,22);1H. The molecule has 0 fully saturated rings. The van der Waals surface area contributed by atoms with Gasteiger partial charge >= 0.3 is 0 Å². The summed E-state index contributed by atoms with van der Waals surface area (Å²) in [6.45, 7) is 2.68. The van der Waals surface area contributed by atoms with E-state index in [1.165, 1.54) is 11.3 Å². The molecule has 0 atom stereocenters. The van der Waals surface area contributed by atoms with Crippen molar-refractivity contribution in [3.8, 4) is 0 Å². The van der Waals surface area contributed by atoms with Crippen molar-refractivity contribution in [3.05, 3.63) is 51.5 Å². The van der Waals surface area contributed by atoms with E-state index >= 15 is 0 Å². The Bertz CT molecular complexity index is 769. The summed E-state index contributed by atoms with van der Waals surface area (Å²) in [6.07, 6.45) is 0. The van der Waals surface area contributed by atoms with Crippen LogP contribution in [-0.4, -0.2) is 37.0 Å². The van der Waals surface area contributed by atoms with E-state index in [9.17, 15) is 13.6 Å². The lowest BCUT2D eigenvalue weighted by atomic mass is 10.2. The van der Waals surface area contributed by atoms with Gasteiger partial charge in [0.15, 0.2) is 5.96 Å². The maximum absolute atomic E-state index is 13.6. The van der Waals surface area contributed by atoms with E-state index in [0.29, 0.717) is 29.6 Å². The first-order valence-electron chi connectivity index (χ1n) is 7.58. The zero-order valence-electron chi connectivity index (χ0n) is 14.3. The van der Waals surface area contributed by atoms with E-state index in [-0.39, 0.29) is 42.0 Å². The van der Waals surface area contributed by atoms with Gasteiger partial charge in [-0.3, -0.25) is 9.79 Å². The van der Waals surface area contributed by atoms with Crippen LogP contribution in [0.15, 0.2) is 28.7 Å². The molecule has 0 aliphatic rings. The van der Waals surface area contributed by atoms with Crippen molar-refractivity contribution in [2.45, 2.75) is 13.5 Å². The summed E-state index contributed by atoms with van der Waals surface area (Å²) in [4.78, 5) is 20.5. The third kappa shape index (κ3) is 6.48. The molecule has 1 aromatic heterocycles. The number of hydrogen-bond donors (Lipinski definition) is 3. The van der Waals surface area contributed by atoms with Crippen LogP contribution in [0.3, 0.4) is 0 Å². The van der Waals surface area contributed by atoms with Crippen LogP contribution in [-0.2, 0) is 6.54 Å². The molecule has 1 heterocycles. The first-order chi connectivity index (χ1) is 12.0. The molecule has 142 valence electrons. The number of benzene rings is 1. The lowest BCUT2D eigenvalue weighted by molar-refractivity contribution is 0.0957. The van der Waals surface area contributed by atoms with Crippen LogP contribution in [0, 0.1) is 18.6 Å². The summed E-state index contributed by atoms with van der Waals surface area (Å²) in [5.41, 5.74) is 2.53. The zero-order valence-corrected chi connectivity index (χ0v) is 17.5. The topological polar surface area (TPSA) is 78.4 Å². The van der Waals surface area contributed by atoms with Crippen molar-refractivity contribution >= 4 is 47.2 Å². The van der Waals surface area contributed by atoms with Crippen LogP contribution in [0.25, 0.3) is 0 Å². The molecule has 1 amide bonds. The number of nitrogens with one attached hydrogen (secondary N) is 3. The van der Waals surface area contributed by atoms with Gasteiger partial charge in [0.05, 0.1) is 11.2 Å². The Morgan fingerprint density at radius 1 is 1.23 bits per heavy atom.